The molecule has 0 aromatic carbocycles. The van der Waals surface area contributed by atoms with E-state index in [1.807, 2.05) is 0 Å². The van der Waals surface area contributed by atoms with Gasteiger partial charge in [0.1, 0.15) is 0 Å². The molecule has 0 atom stereocenters. The lowest BCUT2D eigenvalue weighted by atomic mass is 10.0. The summed E-state index contributed by atoms with van der Waals surface area (Å²) in [6.45, 7) is -0.125. The van der Waals surface area contributed by atoms with Crippen molar-refractivity contribution >= 4 is 10.2 Å². The van der Waals surface area contributed by atoms with Crippen LogP contribution < -0.4 is 0 Å². The molecule has 0 aromatic rings. The van der Waals surface area contributed by atoms with Gasteiger partial charge >= 0.3 is 0 Å². The van der Waals surface area contributed by atoms with Gasteiger partial charge in [-0.3, -0.25) is 4.39 Å². The maximum Gasteiger partial charge on any atom is 0.0894 e. The smallest absolute Gasteiger partial charge is 0.0894 e. The van der Waals surface area contributed by atoms with Gasteiger partial charge in [0.25, 0.3) is 0 Å². The number of hydrogen-bond donors (Lipinski definition) is 0. The van der Waals surface area contributed by atoms with Crippen LogP contribution in [-0.4, -0.2) is 16.9 Å². The molecule has 18 heavy (non-hydrogen) atoms. The van der Waals surface area contributed by atoms with E-state index in [2.05, 4.69) is 0 Å². The van der Waals surface area contributed by atoms with Gasteiger partial charge < -0.3 is 0 Å². The molecular weight excluding hydrogens is 239 g/mol. The molecule has 0 spiro atoms. The van der Waals surface area contributed by atoms with Gasteiger partial charge in [0.05, 0.1) is 6.67 Å². The van der Waals surface area contributed by atoms with E-state index < -0.39 is 0 Å². The molecule has 0 aliphatic rings. The van der Waals surface area contributed by atoms with Crippen LogP contribution >= 0.6 is 0 Å². The van der Waals surface area contributed by atoms with E-state index >= 15 is 0 Å². The summed E-state index contributed by atoms with van der Waals surface area (Å²) in [5.74, 6) is 0. The molecule has 110 valence electrons. The molecule has 0 aromatic heterocycles. The molecule has 0 unspecified atom stereocenters. The summed E-state index contributed by atoms with van der Waals surface area (Å²) in [4.78, 5) is 0. The highest BCUT2D eigenvalue weighted by Crippen LogP contribution is 2.13. The number of hydrogen-bond acceptors (Lipinski definition) is 0. The Hall–Kier alpha value is 0.147. The Labute approximate surface area is 118 Å². The van der Waals surface area contributed by atoms with E-state index in [4.69, 9.17) is 0 Å². The molecule has 0 heterocycles. The maximum atomic E-state index is 11.8. The van der Waals surface area contributed by atoms with E-state index in [1.54, 1.807) is 0 Å². The van der Waals surface area contributed by atoms with Gasteiger partial charge in [0.2, 0.25) is 0 Å². The normalized spacial score (nSPS) is 11.2. The average Bonchev–Trinajstić information content (AvgIpc) is 2.39. The first kappa shape index (κ1) is 18.1. The lowest BCUT2D eigenvalue weighted by Crippen LogP contribution is -1.83. The Bertz CT molecular complexity index is 123. The largest absolute Gasteiger partial charge is 0.251 e. The van der Waals surface area contributed by atoms with Crippen molar-refractivity contribution in [2.75, 3.05) is 6.67 Å². The molecule has 0 N–H and O–H groups in total. The molecule has 2 heteroatoms. The maximum absolute atomic E-state index is 11.8. The van der Waals surface area contributed by atoms with Crippen LogP contribution in [0, 0.1) is 0 Å². The van der Waals surface area contributed by atoms with Crippen LogP contribution in [-0.2, 0) is 0 Å². The van der Waals surface area contributed by atoms with Crippen molar-refractivity contribution in [2.45, 2.75) is 95.9 Å². The molecule has 0 bridgehead atoms. The molecular formula is C16H35FSi. The zero-order valence-electron chi connectivity index (χ0n) is 12.7. The second kappa shape index (κ2) is 17.1. The van der Waals surface area contributed by atoms with Crippen molar-refractivity contribution in [3.05, 3.63) is 0 Å². The first-order valence-electron chi connectivity index (χ1n) is 8.47. The first-order chi connectivity index (χ1) is 8.91. The monoisotopic (exact) mass is 274 g/mol. The van der Waals surface area contributed by atoms with Gasteiger partial charge in [-0.1, -0.05) is 89.5 Å². The fourth-order valence-electron chi connectivity index (χ4n) is 2.47. The van der Waals surface area contributed by atoms with Gasteiger partial charge in [-0.05, 0) is 6.42 Å². The van der Waals surface area contributed by atoms with E-state index in [9.17, 15) is 4.39 Å². The lowest BCUT2D eigenvalue weighted by Gasteiger charge is -2.02. The van der Waals surface area contributed by atoms with Crippen LogP contribution in [0.4, 0.5) is 4.39 Å². The summed E-state index contributed by atoms with van der Waals surface area (Å²) in [6, 6.07) is 1.49. The highest BCUT2D eigenvalue weighted by Gasteiger charge is 1.93. The van der Waals surface area contributed by atoms with Crippen molar-refractivity contribution in [2.24, 2.45) is 0 Å². The molecule has 0 saturated carbocycles. The highest BCUT2D eigenvalue weighted by atomic mass is 28.1. The second-order valence-corrected chi connectivity index (χ2v) is 6.64. The van der Waals surface area contributed by atoms with Crippen molar-refractivity contribution < 1.29 is 4.39 Å². The third-order valence-corrected chi connectivity index (χ3v) is 4.44. The summed E-state index contributed by atoms with van der Waals surface area (Å²) < 4.78 is 11.8. The molecule has 0 fully saturated rings. The van der Waals surface area contributed by atoms with Crippen LogP contribution in [0.15, 0.2) is 0 Å². The zero-order valence-corrected chi connectivity index (χ0v) is 14.7. The van der Waals surface area contributed by atoms with Gasteiger partial charge in [0, 0.05) is 10.2 Å². The molecule has 0 amide bonds. The minimum atomic E-state index is -0.125. The van der Waals surface area contributed by atoms with Crippen LogP contribution in [0.3, 0.4) is 0 Å². The molecule has 0 radical (unpaired) electrons. The van der Waals surface area contributed by atoms with Gasteiger partial charge in [-0.15, -0.1) is 0 Å². The van der Waals surface area contributed by atoms with Crippen molar-refractivity contribution in [3.8, 4) is 0 Å². The molecule has 0 rings (SSSR count). The van der Waals surface area contributed by atoms with Crippen LogP contribution in [0.2, 0.25) is 6.04 Å². The third-order valence-electron chi connectivity index (χ3n) is 3.74. The van der Waals surface area contributed by atoms with E-state index in [-0.39, 0.29) is 6.67 Å². The Balaban J connectivity index is 2.86. The Morgan fingerprint density at radius 2 is 0.722 bits per heavy atom. The van der Waals surface area contributed by atoms with E-state index in [0.29, 0.717) is 0 Å². The summed E-state index contributed by atoms with van der Waals surface area (Å²) in [6.07, 6.45) is 18.8. The number of halogens is 1. The van der Waals surface area contributed by atoms with E-state index in [0.717, 1.165) is 12.8 Å². The topological polar surface area (TPSA) is 0 Å². The summed E-state index contributed by atoms with van der Waals surface area (Å²) in [5.41, 5.74) is 0. The highest BCUT2D eigenvalue weighted by molar-refractivity contribution is 6.08. The minimum Gasteiger partial charge on any atom is -0.251 e. The fraction of sp³-hybridized carbons (Fsp3) is 1.00. The number of alkyl halides is 1. The van der Waals surface area contributed by atoms with Crippen molar-refractivity contribution in [1.82, 2.24) is 0 Å². The average molecular weight is 275 g/mol. The predicted molar refractivity (Wildman–Crippen MR) is 85.4 cm³/mol. The standard InChI is InChI=1S/C16H35FSi/c17-15-13-11-9-7-5-3-1-2-4-6-8-10-12-14-16-18/h1-16H2,18H3. The van der Waals surface area contributed by atoms with Crippen LogP contribution in [0.5, 0.6) is 0 Å². The third kappa shape index (κ3) is 16.1. The Kier molecular flexibility index (Phi) is 17.3. The quantitative estimate of drug-likeness (QED) is 0.284. The second-order valence-electron chi connectivity index (χ2n) is 5.64. The summed E-state index contributed by atoms with van der Waals surface area (Å²) in [7, 11) is 1.39. The molecule has 0 aliphatic heterocycles. The van der Waals surface area contributed by atoms with Gasteiger partial charge in [-0.25, -0.2) is 0 Å². The number of rotatable bonds is 15. The van der Waals surface area contributed by atoms with Crippen molar-refractivity contribution in [3.63, 3.8) is 0 Å². The lowest BCUT2D eigenvalue weighted by molar-refractivity contribution is 0.448. The van der Waals surface area contributed by atoms with Gasteiger partial charge in [-0.2, -0.15) is 0 Å². The number of unbranched alkanes of at least 4 members (excludes halogenated alkanes) is 13. The van der Waals surface area contributed by atoms with Crippen LogP contribution in [0.25, 0.3) is 0 Å². The molecule has 0 aliphatic carbocycles. The van der Waals surface area contributed by atoms with E-state index in [1.165, 1.54) is 93.3 Å². The summed E-state index contributed by atoms with van der Waals surface area (Å²) in [5, 5.41) is 0. The Morgan fingerprint density at radius 1 is 0.444 bits per heavy atom. The Morgan fingerprint density at radius 3 is 1.00 bits per heavy atom. The molecule has 0 nitrogen and oxygen atoms in total. The van der Waals surface area contributed by atoms with Crippen molar-refractivity contribution in [1.29, 1.82) is 0 Å². The first-order valence-corrected chi connectivity index (χ1v) is 9.89. The fourth-order valence-corrected chi connectivity index (χ4v) is 2.97. The summed E-state index contributed by atoms with van der Waals surface area (Å²) >= 11 is 0. The van der Waals surface area contributed by atoms with Gasteiger partial charge in [0.15, 0.2) is 0 Å². The van der Waals surface area contributed by atoms with Crippen LogP contribution in [0.1, 0.15) is 89.9 Å². The zero-order chi connectivity index (χ0) is 13.3. The molecule has 0 saturated heterocycles. The predicted octanol–water partition coefficient (Wildman–Crippen LogP) is 5.20. The minimum absolute atomic E-state index is 0.125. The SMILES string of the molecule is FCCCCCCCCCCCCCCCC[SiH3].